The molecule has 1 heterocycles. The number of carbonyl (C=O) groups is 1. The van der Waals surface area contributed by atoms with E-state index in [1.165, 1.54) is 38.5 Å². The summed E-state index contributed by atoms with van der Waals surface area (Å²) in [6.07, 6.45) is 9.52. The van der Waals surface area contributed by atoms with Gasteiger partial charge in [-0.15, -0.1) is 0 Å². The van der Waals surface area contributed by atoms with Crippen molar-refractivity contribution in [2.45, 2.75) is 71.3 Å². The second kappa shape index (κ2) is 8.02. The van der Waals surface area contributed by atoms with Crippen molar-refractivity contribution in [2.24, 2.45) is 11.8 Å². The fourth-order valence-electron chi connectivity index (χ4n) is 3.43. The SMILES string of the molecule is CCCNC(CN1CCC(CCC)CCC1=O)C1CC1. The molecule has 116 valence electrons. The van der Waals surface area contributed by atoms with Crippen LogP contribution in [0.4, 0.5) is 0 Å². The van der Waals surface area contributed by atoms with Gasteiger partial charge in [0.2, 0.25) is 5.91 Å². The molecule has 0 radical (unpaired) electrons. The Morgan fingerprint density at radius 1 is 1.20 bits per heavy atom. The quantitative estimate of drug-likeness (QED) is 0.740. The first-order valence-electron chi connectivity index (χ1n) is 8.75. The summed E-state index contributed by atoms with van der Waals surface area (Å²) in [5.41, 5.74) is 0. The van der Waals surface area contributed by atoms with Crippen LogP contribution in [-0.4, -0.2) is 36.5 Å². The standard InChI is InChI=1S/C17H32N2O/c1-3-5-14-6-9-17(20)19(12-10-14)13-16(15-7-8-15)18-11-4-2/h14-16,18H,3-13H2,1-2H3. The van der Waals surface area contributed by atoms with Gasteiger partial charge in [-0.05, 0) is 50.5 Å². The summed E-state index contributed by atoms with van der Waals surface area (Å²) in [6.45, 7) is 7.48. The molecule has 1 aliphatic heterocycles. The molecule has 3 nitrogen and oxygen atoms in total. The molecular weight excluding hydrogens is 248 g/mol. The molecule has 0 aromatic rings. The third kappa shape index (κ3) is 4.76. The Morgan fingerprint density at radius 2 is 2.00 bits per heavy atom. The minimum atomic E-state index is 0.396. The van der Waals surface area contributed by atoms with Gasteiger partial charge in [0.05, 0.1) is 0 Å². The zero-order valence-electron chi connectivity index (χ0n) is 13.4. The lowest BCUT2D eigenvalue weighted by Gasteiger charge is -2.27. The Balaban J connectivity index is 1.84. The fourth-order valence-corrected chi connectivity index (χ4v) is 3.43. The Kier molecular flexibility index (Phi) is 6.34. The molecule has 2 unspecified atom stereocenters. The van der Waals surface area contributed by atoms with E-state index in [9.17, 15) is 4.79 Å². The van der Waals surface area contributed by atoms with Crippen LogP contribution in [0.15, 0.2) is 0 Å². The van der Waals surface area contributed by atoms with Crippen LogP contribution < -0.4 is 5.32 Å². The predicted octanol–water partition coefficient (Wildman–Crippen LogP) is 3.19. The Labute approximate surface area is 124 Å². The molecule has 1 amide bonds. The van der Waals surface area contributed by atoms with E-state index in [2.05, 4.69) is 24.1 Å². The van der Waals surface area contributed by atoms with Crippen LogP contribution in [0.2, 0.25) is 0 Å². The number of nitrogens with zero attached hydrogens (tertiary/aromatic N) is 1. The molecular formula is C17H32N2O. The van der Waals surface area contributed by atoms with Crippen LogP contribution in [-0.2, 0) is 4.79 Å². The second-order valence-electron chi connectivity index (χ2n) is 6.72. The summed E-state index contributed by atoms with van der Waals surface area (Å²) in [6, 6.07) is 0.543. The van der Waals surface area contributed by atoms with Crippen molar-refractivity contribution in [3.05, 3.63) is 0 Å². The third-order valence-electron chi connectivity index (χ3n) is 4.89. The van der Waals surface area contributed by atoms with Crippen molar-refractivity contribution in [3.8, 4) is 0 Å². The number of hydrogen-bond donors (Lipinski definition) is 1. The number of carbonyl (C=O) groups excluding carboxylic acids is 1. The molecule has 2 aliphatic rings. The minimum Gasteiger partial charge on any atom is -0.341 e. The number of likely N-dealkylation sites (tertiary alicyclic amines) is 1. The predicted molar refractivity (Wildman–Crippen MR) is 83.6 cm³/mol. The molecule has 0 aromatic heterocycles. The van der Waals surface area contributed by atoms with Crippen LogP contribution in [0.1, 0.15) is 65.2 Å². The van der Waals surface area contributed by atoms with E-state index in [0.717, 1.165) is 44.3 Å². The summed E-state index contributed by atoms with van der Waals surface area (Å²) in [7, 11) is 0. The Hall–Kier alpha value is -0.570. The molecule has 1 aliphatic carbocycles. The molecule has 20 heavy (non-hydrogen) atoms. The molecule has 2 atom stereocenters. The minimum absolute atomic E-state index is 0.396. The fraction of sp³-hybridized carbons (Fsp3) is 0.941. The van der Waals surface area contributed by atoms with Gasteiger partial charge in [-0.25, -0.2) is 0 Å². The van der Waals surface area contributed by atoms with Gasteiger partial charge in [0.15, 0.2) is 0 Å². The molecule has 0 spiro atoms. The lowest BCUT2D eigenvalue weighted by molar-refractivity contribution is -0.131. The van der Waals surface area contributed by atoms with Crippen LogP contribution in [0.25, 0.3) is 0 Å². The molecule has 1 saturated heterocycles. The second-order valence-corrected chi connectivity index (χ2v) is 6.72. The normalized spacial score (nSPS) is 25.6. The van der Waals surface area contributed by atoms with E-state index in [-0.39, 0.29) is 0 Å². The number of amides is 1. The van der Waals surface area contributed by atoms with Gasteiger partial charge in [-0.3, -0.25) is 4.79 Å². The highest BCUT2D eigenvalue weighted by Gasteiger charge is 2.33. The molecule has 2 fully saturated rings. The average molecular weight is 280 g/mol. The number of rotatable bonds is 8. The van der Waals surface area contributed by atoms with Gasteiger partial charge in [-0.1, -0.05) is 26.7 Å². The maximum atomic E-state index is 12.3. The van der Waals surface area contributed by atoms with Gasteiger partial charge in [-0.2, -0.15) is 0 Å². The summed E-state index contributed by atoms with van der Waals surface area (Å²) >= 11 is 0. The molecule has 1 saturated carbocycles. The van der Waals surface area contributed by atoms with Crippen molar-refractivity contribution >= 4 is 5.91 Å². The van der Waals surface area contributed by atoms with Crippen molar-refractivity contribution in [1.82, 2.24) is 10.2 Å². The van der Waals surface area contributed by atoms with Gasteiger partial charge >= 0.3 is 0 Å². The van der Waals surface area contributed by atoms with E-state index in [1.54, 1.807) is 0 Å². The van der Waals surface area contributed by atoms with Crippen LogP contribution in [0.3, 0.4) is 0 Å². The summed E-state index contributed by atoms with van der Waals surface area (Å²) in [5.74, 6) is 1.99. The van der Waals surface area contributed by atoms with Crippen molar-refractivity contribution < 1.29 is 4.79 Å². The van der Waals surface area contributed by atoms with Gasteiger partial charge in [0, 0.05) is 25.6 Å². The van der Waals surface area contributed by atoms with Gasteiger partial charge < -0.3 is 10.2 Å². The lowest BCUT2D eigenvalue weighted by atomic mass is 9.96. The largest absolute Gasteiger partial charge is 0.341 e. The first-order chi connectivity index (χ1) is 9.74. The average Bonchev–Trinajstić information content (AvgIpc) is 3.27. The Bertz CT molecular complexity index is 301. The van der Waals surface area contributed by atoms with E-state index >= 15 is 0 Å². The maximum Gasteiger partial charge on any atom is 0.222 e. The Morgan fingerprint density at radius 3 is 2.65 bits per heavy atom. The topological polar surface area (TPSA) is 32.3 Å². The van der Waals surface area contributed by atoms with Crippen LogP contribution >= 0.6 is 0 Å². The molecule has 0 aromatic carbocycles. The van der Waals surface area contributed by atoms with E-state index < -0.39 is 0 Å². The molecule has 1 N–H and O–H groups in total. The van der Waals surface area contributed by atoms with E-state index in [0.29, 0.717) is 11.9 Å². The van der Waals surface area contributed by atoms with E-state index in [1.807, 2.05) is 0 Å². The molecule has 2 rings (SSSR count). The smallest absolute Gasteiger partial charge is 0.222 e. The highest BCUT2D eigenvalue weighted by atomic mass is 16.2. The van der Waals surface area contributed by atoms with Crippen molar-refractivity contribution in [3.63, 3.8) is 0 Å². The zero-order valence-corrected chi connectivity index (χ0v) is 13.4. The van der Waals surface area contributed by atoms with Crippen molar-refractivity contribution in [2.75, 3.05) is 19.6 Å². The highest BCUT2D eigenvalue weighted by Crippen LogP contribution is 2.33. The lowest BCUT2D eigenvalue weighted by Crippen LogP contribution is -2.45. The first kappa shape index (κ1) is 15.8. The van der Waals surface area contributed by atoms with Crippen LogP contribution in [0.5, 0.6) is 0 Å². The maximum absolute atomic E-state index is 12.3. The number of hydrogen-bond acceptors (Lipinski definition) is 2. The van der Waals surface area contributed by atoms with Gasteiger partial charge in [0.25, 0.3) is 0 Å². The number of nitrogens with one attached hydrogen (secondary N) is 1. The molecule has 3 heteroatoms. The van der Waals surface area contributed by atoms with Crippen LogP contribution in [0, 0.1) is 11.8 Å². The van der Waals surface area contributed by atoms with Crippen molar-refractivity contribution in [1.29, 1.82) is 0 Å². The third-order valence-corrected chi connectivity index (χ3v) is 4.89. The molecule has 0 bridgehead atoms. The zero-order chi connectivity index (χ0) is 14.4. The van der Waals surface area contributed by atoms with E-state index in [4.69, 9.17) is 0 Å². The van der Waals surface area contributed by atoms with Gasteiger partial charge in [0.1, 0.15) is 0 Å². The summed E-state index contributed by atoms with van der Waals surface area (Å²) in [5, 5.41) is 3.66. The highest BCUT2D eigenvalue weighted by molar-refractivity contribution is 5.76. The monoisotopic (exact) mass is 280 g/mol. The first-order valence-corrected chi connectivity index (χ1v) is 8.75. The summed E-state index contributed by atoms with van der Waals surface area (Å²) in [4.78, 5) is 14.5. The summed E-state index contributed by atoms with van der Waals surface area (Å²) < 4.78 is 0.